The van der Waals surface area contributed by atoms with Gasteiger partial charge in [-0.3, -0.25) is 4.79 Å². The van der Waals surface area contributed by atoms with Crippen molar-refractivity contribution in [3.8, 4) is 0 Å². The first-order valence-corrected chi connectivity index (χ1v) is 6.39. The molecular formula is C14H19F3N2O. The van der Waals surface area contributed by atoms with E-state index in [0.717, 1.165) is 17.7 Å². The van der Waals surface area contributed by atoms with E-state index in [9.17, 15) is 18.0 Å². The van der Waals surface area contributed by atoms with E-state index in [4.69, 9.17) is 5.73 Å². The molecule has 1 rings (SSSR count). The molecule has 0 radical (unpaired) electrons. The molecule has 0 saturated carbocycles. The molecule has 0 fully saturated rings. The van der Waals surface area contributed by atoms with Gasteiger partial charge in [0.25, 0.3) is 0 Å². The zero-order valence-electron chi connectivity index (χ0n) is 11.5. The standard InChI is InChI=1S/C14H19F3N2O/c1-9(18)7-13(20)19-10(2)8-11-3-5-12(6-4-11)14(15,16)17/h3-6,9-10H,7-8,18H2,1-2H3,(H,19,20). The van der Waals surface area contributed by atoms with E-state index in [1.807, 2.05) is 0 Å². The van der Waals surface area contributed by atoms with Crippen LogP contribution in [0.1, 0.15) is 31.4 Å². The second-order valence-electron chi connectivity index (χ2n) is 5.05. The summed E-state index contributed by atoms with van der Waals surface area (Å²) in [5.41, 5.74) is 5.58. The van der Waals surface area contributed by atoms with Crippen LogP contribution in [0.2, 0.25) is 0 Å². The van der Waals surface area contributed by atoms with E-state index < -0.39 is 11.7 Å². The highest BCUT2D eigenvalue weighted by atomic mass is 19.4. The third kappa shape index (κ3) is 5.61. The topological polar surface area (TPSA) is 55.1 Å². The largest absolute Gasteiger partial charge is 0.416 e. The Balaban J connectivity index is 2.54. The molecule has 1 aromatic carbocycles. The predicted octanol–water partition coefficient (Wildman–Crippen LogP) is 2.49. The Kier molecular flexibility index (Phi) is 5.56. The van der Waals surface area contributed by atoms with Gasteiger partial charge in [-0.25, -0.2) is 0 Å². The molecule has 0 saturated heterocycles. The molecule has 6 heteroatoms. The summed E-state index contributed by atoms with van der Waals surface area (Å²) < 4.78 is 37.2. The van der Waals surface area contributed by atoms with Gasteiger partial charge in [0.2, 0.25) is 5.91 Å². The highest BCUT2D eigenvalue weighted by Crippen LogP contribution is 2.29. The summed E-state index contributed by atoms with van der Waals surface area (Å²) in [7, 11) is 0. The fourth-order valence-electron chi connectivity index (χ4n) is 1.86. The maximum Gasteiger partial charge on any atom is 0.416 e. The number of halogens is 3. The van der Waals surface area contributed by atoms with Crippen molar-refractivity contribution in [3.05, 3.63) is 35.4 Å². The van der Waals surface area contributed by atoms with Crippen LogP contribution in [-0.4, -0.2) is 18.0 Å². The van der Waals surface area contributed by atoms with Gasteiger partial charge in [0.05, 0.1) is 5.56 Å². The highest BCUT2D eigenvalue weighted by molar-refractivity contribution is 5.76. The number of hydrogen-bond acceptors (Lipinski definition) is 2. The summed E-state index contributed by atoms with van der Waals surface area (Å²) >= 11 is 0. The summed E-state index contributed by atoms with van der Waals surface area (Å²) in [6.07, 6.45) is -3.62. The normalized spacial score (nSPS) is 14.7. The van der Waals surface area contributed by atoms with Gasteiger partial charge in [-0.1, -0.05) is 12.1 Å². The number of alkyl halides is 3. The number of amides is 1. The first-order chi connectivity index (χ1) is 9.18. The van der Waals surface area contributed by atoms with Crippen molar-refractivity contribution in [2.45, 2.75) is 44.9 Å². The average Bonchev–Trinajstić information content (AvgIpc) is 2.26. The predicted molar refractivity (Wildman–Crippen MR) is 71.0 cm³/mol. The first kappa shape index (κ1) is 16.5. The van der Waals surface area contributed by atoms with E-state index in [0.29, 0.717) is 6.42 Å². The number of nitrogens with one attached hydrogen (secondary N) is 1. The van der Waals surface area contributed by atoms with Crippen molar-refractivity contribution in [2.75, 3.05) is 0 Å². The number of carbonyl (C=O) groups excluding carboxylic acids is 1. The fourth-order valence-corrected chi connectivity index (χ4v) is 1.86. The SMILES string of the molecule is CC(N)CC(=O)NC(C)Cc1ccc(C(F)(F)F)cc1. The van der Waals surface area contributed by atoms with Gasteiger partial charge in [0.1, 0.15) is 0 Å². The molecule has 1 amide bonds. The summed E-state index contributed by atoms with van der Waals surface area (Å²) in [5.74, 6) is -0.153. The van der Waals surface area contributed by atoms with Crippen molar-refractivity contribution in [1.29, 1.82) is 0 Å². The van der Waals surface area contributed by atoms with Crippen molar-refractivity contribution in [2.24, 2.45) is 5.73 Å². The number of nitrogens with two attached hydrogens (primary N) is 1. The summed E-state index contributed by atoms with van der Waals surface area (Å²) in [6, 6.07) is 4.58. The number of carbonyl (C=O) groups is 1. The molecule has 112 valence electrons. The minimum atomic E-state index is -4.32. The Bertz CT molecular complexity index is 441. The maximum atomic E-state index is 12.4. The molecular weight excluding hydrogens is 269 g/mol. The zero-order valence-corrected chi connectivity index (χ0v) is 11.5. The summed E-state index contributed by atoms with van der Waals surface area (Å²) in [6.45, 7) is 3.54. The van der Waals surface area contributed by atoms with E-state index in [-0.39, 0.29) is 24.4 Å². The van der Waals surface area contributed by atoms with Crippen molar-refractivity contribution >= 4 is 5.91 Å². The van der Waals surface area contributed by atoms with Gasteiger partial charge >= 0.3 is 6.18 Å². The second kappa shape index (κ2) is 6.74. The molecule has 3 N–H and O–H groups in total. The molecule has 3 nitrogen and oxygen atoms in total. The van der Waals surface area contributed by atoms with E-state index in [2.05, 4.69) is 5.32 Å². The lowest BCUT2D eigenvalue weighted by Crippen LogP contribution is -2.37. The van der Waals surface area contributed by atoms with Crippen LogP contribution in [0, 0.1) is 0 Å². The van der Waals surface area contributed by atoms with Gasteiger partial charge in [0, 0.05) is 18.5 Å². The van der Waals surface area contributed by atoms with Crippen LogP contribution in [0.4, 0.5) is 13.2 Å². The highest BCUT2D eigenvalue weighted by Gasteiger charge is 2.29. The lowest BCUT2D eigenvalue weighted by molar-refractivity contribution is -0.137. The molecule has 2 unspecified atom stereocenters. The summed E-state index contributed by atoms with van der Waals surface area (Å²) in [5, 5.41) is 2.76. The van der Waals surface area contributed by atoms with Gasteiger partial charge < -0.3 is 11.1 Å². The maximum absolute atomic E-state index is 12.4. The smallest absolute Gasteiger partial charge is 0.353 e. The third-order valence-corrected chi connectivity index (χ3v) is 2.74. The van der Waals surface area contributed by atoms with Crippen LogP contribution in [0.5, 0.6) is 0 Å². The van der Waals surface area contributed by atoms with Crippen molar-refractivity contribution in [3.63, 3.8) is 0 Å². The molecule has 0 aromatic heterocycles. The number of hydrogen-bond donors (Lipinski definition) is 2. The summed E-state index contributed by atoms with van der Waals surface area (Å²) in [4.78, 5) is 11.5. The van der Waals surface area contributed by atoms with Crippen LogP contribution in [0.25, 0.3) is 0 Å². The van der Waals surface area contributed by atoms with Crippen LogP contribution < -0.4 is 11.1 Å². The van der Waals surface area contributed by atoms with Crippen molar-refractivity contribution < 1.29 is 18.0 Å². The molecule has 0 spiro atoms. The van der Waals surface area contributed by atoms with E-state index >= 15 is 0 Å². The minimum Gasteiger partial charge on any atom is -0.353 e. The van der Waals surface area contributed by atoms with Gasteiger partial charge in [-0.2, -0.15) is 13.2 Å². The quantitative estimate of drug-likeness (QED) is 0.874. The molecule has 0 heterocycles. The fraction of sp³-hybridized carbons (Fsp3) is 0.500. The van der Waals surface area contributed by atoms with E-state index in [1.54, 1.807) is 13.8 Å². The van der Waals surface area contributed by atoms with Crippen LogP contribution >= 0.6 is 0 Å². The van der Waals surface area contributed by atoms with Crippen molar-refractivity contribution in [1.82, 2.24) is 5.32 Å². The van der Waals surface area contributed by atoms with Crippen LogP contribution in [0.3, 0.4) is 0 Å². The lowest BCUT2D eigenvalue weighted by atomic mass is 10.0. The van der Waals surface area contributed by atoms with Gasteiger partial charge in [-0.15, -0.1) is 0 Å². The monoisotopic (exact) mass is 288 g/mol. The number of rotatable bonds is 5. The third-order valence-electron chi connectivity index (χ3n) is 2.74. The average molecular weight is 288 g/mol. The Morgan fingerprint density at radius 1 is 1.25 bits per heavy atom. The molecule has 0 aliphatic carbocycles. The second-order valence-corrected chi connectivity index (χ2v) is 5.05. The first-order valence-electron chi connectivity index (χ1n) is 6.39. The van der Waals surface area contributed by atoms with Gasteiger partial charge in [0.15, 0.2) is 0 Å². The molecule has 20 heavy (non-hydrogen) atoms. The van der Waals surface area contributed by atoms with Crippen LogP contribution in [0.15, 0.2) is 24.3 Å². The Morgan fingerprint density at radius 2 is 1.80 bits per heavy atom. The zero-order chi connectivity index (χ0) is 15.3. The van der Waals surface area contributed by atoms with Crippen LogP contribution in [-0.2, 0) is 17.4 Å². The molecule has 0 bridgehead atoms. The van der Waals surface area contributed by atoms with E-state index in [1.165, 1.54) is 12.1 Å². The molecule has 2 atom stereocenters. The van der Waals surface area contributed by atoms with Gasteiger partial charge in [-0.05, 0) is 38.0 Å². The molecule has 0 aliphatic heterocycles. The number of benzene rings is 1. The molecule has 0 aliphatic rings. The minimum absolute atomic E-state index is 0.153. The Morgan fingerprint density at radius 3 is 2.25 bits per heavy atom. The Labute approximate surface area is 116 Å². The molecule has 1 aromatic rings. The Hall–Kier alpha value is -1.56. The lowest BCUT2D eigenvalue weighted by Gasteiger charge is -2.15.